The van der Waals surface area contributed by atoms with Gasteiger partial charge in [0.05, 0.1) is 0 Å². The predicted octanol–water partition coefficient (Wildman–Crippen LogP) is -10.8. The number of carbonyl (C=O) groups excluding carboxylic acids is 2. The Morgan fingerprint density at radius 3 is 2.22 bits per heavy atom. The molecule has 1 aliphatic rings. The van der Waals surface area contributed by atoms with E-state index in [0.29, 0.717) is 11.1 Å². The van der Waals surface area contributed by atoms with E-state index in [1.165, 1.54) is 0 Å². The van der Waals surface area contributed by atoms with Crippen LogP contribution in [-0.4, -0.2) is 23.8 Å². The van der Waals surface area contributed by atoms with Crippen LogP contribution in [0.5, 0.6) is 0 Å². The first-order chi connectivity index (χ1) is 9.33. The summed E-state index contributed by atoms with van der Waals surface area (Å²) in [6.07, 6.45) is -1.16. The zero-order valence-corrected chi connectivity index (χ0v) is 20.4. The van der Waals surface area contributed by atoms with Crippen molar-refractivity contribution in [2.75, 3.05) is 6.16 Å². The maximum atomic E-state index is 12.2. The number of fused-ring (bicyclic) bond motifs is 1. The molecule has 0 saturated heterocycles. The van der Waals surface area contributed by atoms with Gasteiger partial charge in [0.2, 0.25) is 0 Å². The molecule has 0 fully saturated rings. The van der Waals surface area contributed by atoms with Crippen molar-refractivity contribution in [3.05, 3.63) is 35.4 Å². The molecule has 0 aromatic heterocycles. The molecule has 1 aliphatic carbocycles. The molecule has 1 aromatic carbocycles. The van der Waals surface area contributed by atoms with E-state index in [1.54, 1.807) is 24.3 Å². The minimum Gasteiger partial charge on any atom is -0.799 e. The summed E-state index contributed by atoms with van der Waals surface area (Å²) in [5, 5.41) is 21.7. The molecule has 6 nitrogen and oxygen atoms in total. The van der Waals surface area contributed by atoms with E-state index in [9.17, 15) is 29.3 Å². The number of aliphatic carboxylic acids is 2. The van der Waals surface area contributed by atoms with Crippen LogP contribution in [0.4, 0.5) is 0 Å². The summed E-state index contributed by atoms with van der Waals surface area (Å²) in [5.74, 6) is -4.16. The summed E-state index contributed by atoms with van der Waals surface area (Å²) < 4.78 is 12.2. The molecular formula is C13H12Na3O6P. The number of carboxylic acid groups (broad SMARTS) is 2. The third-order valence-electron chi connectivity index (χ3n) is 3.59. The second kappa shape index (κ2) is 11.1. The van der Waals surface area contributed by atoms with Crippen molar-refractivity contribution in [3.8, 4) is 0 Å². The van der Waals surface area contributed by atoms with Gasteiger partial charge in [-0.15, -0.1) is 0 Å². The maximum absolute atomic E-state index is 12.2. The molecule has 23 heavy (non-hydrogen) atoms. The Bertz CT molecular complexity index is 609. The van der Waals surface area contributed by atoms with Crippen molar-refractivity contribution in [1.29, 1.82) is 0 Å². The smallest absolute Gasteiger partial charge is 0.799 e. The van der Waals surface area contributed by atoms with E-state index in [0.717, 1.165) is 0 Å². The fraction of sp³-hybridized carbons (Fsp3) is 0.385. The quantitative estimate of drug-likeness (QED) is 0.378. The van der Waals surface area contributed by atoms with Gasteiger partial charge in [0.1, 0.15) is 0 Å². The van der Waals surface area contributed by atoms with E-state index in [1.807, 2.05) is 0 Å². The first kappa shape index (κ1) is 26.6. The molecule has 108 valence electrons. The zero-order valence-electron chi connectivity index (χ0n) is 13.5. The topological polar surface area (TPSA) is 120 Å². The van der Waals surface area contributed by atoms with Gasteiger partial charge in [-0.1, -0.05) is 24.3 Å². The number of benzene rings is 1. The van der Waals surface area contributed by atoms with Gasteiger partial charge >= 0.3 is 88.7 Å². The Kier molecular flexibility index (Phi) is 12.9. The summed E-state index contributed by atoms with van der Waals surface area (Å²) in [4.78, 5) is 33.8. The third-order valence-corrected chi connectivity index (χ3v) is 5.93. The molecule has 3 unspecified atom stereocenters. The number of hydrogen-bond acceptors (Lipinski definition) is 6. The molecule has 3 atom stereocenters. The van der Waals surface area contributed by atoms with E-state index in [-0.39, 0.29) is 95.1 Å². The first-order valence-electron chi connectivity index (χ1n) is 6.11. The van der Waals surface area contributed by atoms with Gasteiger partial charge in [-0.3, -0.25) is 0 Å². The summed E-state index contributed by atoms with van der Waals surface area (Å²) in [6.45, 7) is 0. The molecule has 0 aliphatic heterocycles. The van der Waals surface area contributed by atoms with Crippen LogP contribution in [-0.2, 0) is 20.6 Å². The van der Waals surface area contributed by atoms with Crippen molar-refractivity contribution in [1.82, 2.24) is 0 Å². The fourth-order valence-corrected chi connectivity index (χ4v) is 4.67. The average Bonchev–Trinajstić information content (AvgIpc) is 2.76. The van der Waals surface area contributed by atoms with Crippen molar-refractivity contribution >= 4 is 19.3 Å². The molecule has 0 heterocycles. The van der Waals surface area contributed by atoms with Crippen LogP contribution >= 0.6 is 7.37 Å². The largest absolute Gasteiger partial charge is 1.00 e. The summed E-state index contributed by atoms with van der Waals surface area (Å²) in [5.41, 5.74) is -0.0671. The number of carboxylic acids is 2. The van der Waals surface area contributed by atoms with E-state index in [4.69, 9.17) is 0 Å². The molecule has 2 rings (SSSR count). The van der Waals surface area contributed by atoms with Gasteiger partial charge in [0.15, 0.2) is 0 Å². The van der Waals surface area contributed by atoms with Crippen LogP contribution in [0, 0.1) is 0 Å². The molecule has 0 amide bonds. The average molecular weight is 364 g/mol. The number of hydrogen-bond donors (Lipinski definition) is 0. The van der Waals surface area contributed by atoms with Gasteiger partial charge in [-0.05, 0) is 30.1 Å². The van der Waals surface area contributed by atoms with Crippen molar-refractivity contribution in [3.63, 3.8) is 0 Å². The van der Waals surface area contributed by atoms with Crippen LogP contribution in [0.2, 0.25) is 0 Å². The second-order valence-corrected chi connectivity index (χ2v) is 7.40. The molecule has 1 aromatic rings. The first-order valence-corrected chi connectivity index (χ1v) is 7.99. The Morgan fingerprint density at radius 2 is 1.70 bits per heavy atom. The molecule has 0 spiro atoms. The second-order valence-electron chi connectivity index (χ2n) is 4.84. The summed E-state index contributed by atoms with van der Waals surface area (Å²) >= 11 is 0. The Labute approximate surface area is 200 Å². The molecule has 0 saturated carbocycles. The van der Waals surface area contributed by atoms with Gasteiger partial charge in [0, 0.05) is 30.9 Å². The van der Waals surface area contributed by atoms with Gasteiger partial charge in [-0.2, -0.15) is 0 Å². The molecule has 0 bridgehead atoms. The van der Waals surface area contributed by atoms with Crippen LogP contribution in [0.15, 0.2) is 24.3 Å². The predicted molar refractivity (Wildman–Crippen MR) is 63.8 cm³/mol. The SMILES string of the molecule is O=C([O-])CCP(=O)([O-])C1Cc2ccccc2C1C(=O)[O-].[Na+].[Na+].[Na+]. The molecule has 0 radical (unpaired) electrons. The fourth-order valence-electron chi connectivity index (χ4n) is 2.64. The van der Waals surface area contributed by atoms with Gasteiger partial charge < -0.3 is 29.3 Å². The Hall–Kier alpha value is 1.35. The standard InChI is InChI=1S/C13H15O6P.3Na/c14-11(15)5-6-20(18,19)10-7-8-3-1-2-4-9(8)12(10)13(16)17;;;/h1-4,10,12H,5-7H2,(H,14,15)(H,16,17)(H,18,19);;;/q;3*+1/p-3. The van der Waals surface area contributed by atoms with Crippen molar-refractivity contribution in [2.24, 2.45) is 0 Å². The molecule has 0 N–H and O–H groups in total. The van der Waals surface area contributed by atoms with Gasteiger partial charge in [0.25, 0.3) is 0 Å². The monoisotopic (exact) mass is 364 g/mol. The van der Waals surface area contributed by atoms with E-state index >= 15 is 0 Å². The minimum absolute atomic E-state index is 0. The molecular weight excluding hydrogens is 352 g/mol. The van der Waals surface area contributed by atoms with E-state index < -0.39 is 43.5 Å². The van der Waals surface area contributed by atoms with E-state index in [2.05, 4.69) is 0 Å². The zero-order chi connectivity index (χ0) is 14.9. The summed E-state index contributed by atoms with van der Waals surface area (Å²) in [7, 11) is -4.18. The number of rotatable bonds is 5. The van der Waals surface area contributed by atoms with Crippen LogP contribution in [0.3, 0.4) is 0 Å². The van der Waals surface area contributed by atoms with Crippen molar-refractivity contribution < 1.29 is 118 Å². The number of carbonyl (C=O) groups is 2. The minimum atomic E-state index is -4.18. The maximum Gasteiger partial charge on any atom is 1.00 e. The Balaban J connectivity index is 0. The van der Waals surface area contributed by atoms with Crippen molar-refractivity contribution in [2.45, 2.75) is 24.4 Å². The van der Waals surface area contributed by atoms with Crippen LogP contribution in [0.1, 0.15) is 23.5 Å². The third kappa shape index (κ3) is 6.54. The summed E-state index contributed by atoms with van der Waals surface area (Å²) in [6, 6.07) is 6.57. The normalized spacial score (nSPS) is 20.7. The van der Waals surface area contributed by atoms with Gasteiger partial charge in [-0.25, -0.2) is 0 Å². The van der Waals surface area contributed by atoms with Crippen LogP contribution in [0.25, 0.3) is 0 Å². The Morgan fingerprint density at radius 1 is 1.13 bits per heavy atom. The van der Waals surface area contributed by atoms with Crippen LogP contribution < -0.4 is 104 Å². The molecule has 10 heteroatoms.